The predicted molar refractivity (Wildman–Crippen MR) is 84.8 cm³/mol. The van der Waals surface area contributed by atoms with Gasteiger partial charge in [-0.1, -0.05) is 48.0 Å². The van der Waals surface area contributed by atoms with Crippen LogP contribution < -0.4 is 0 Å². The number of nitro benzene ring substituents is 1. The van der Waals surface area contributed by atoms with Crippen LogP contribution in [0, 0.1) is 10.1 Å². The fourth-order valence-electron chi connectivity index (χ4n) is 1.90. The van der Waals surface area contributed by atoms with Crippen LogP contribution in [0.3, 0.4) is 0 Å². The average molecular weight is 318 g/mol. The molecule has 0 atom stereocenters. The van der Waals surface area contributed by atoms with Crippen molar-refractivity contribution in [2.24, 2.45) is 0 Å². The molecule has 22 heavy (non-hydrogen) atoms. The van der Waals surface area contributed by atoms with E-state index in [1.807, 2.05) is 0 Å². The van der Waals surface area contributed by atoms with E-state index < -0.39 is 10.9 Å². The molecule has 0 fully saturated rings. The van der Waals surface area contributed by atoms with E-state index in [2.05, 4.69) is 0 Å². The average Bonchev–Trinajstić information content (AvgIpc) is 2.53. The van der Waals surface area contributed by atoms with Crippen molar-refractivity contribution in [1.82, 2.24) is 0 Å². The van der Waals surface area contributed by atoms with Gasteiger partial charge in [0.1, 0.15) is 5.02 Å². The summed E-state index contributed by atoms with van der Waals surface area (Å²) in [5.74, 6) is -0.442. The van der Waals surface area contributed by atoms with E-state index in [9.17, 15) is 14.9 Å². The van der Waals surface area contributed by atoms with E-state index >= 15 is 0 Å². The Kier molecular flexibility index (Phi) is 4.91. The first-order valence-corrected chi connectivity index (χ1v) is 6.70. The summed E-state index contributed by atoms with van der Waals surface area (Å²) >= 11 is 5.77. The van der Waals surface area contributed by atoms with Gasteiger partial charge < -0.3 is 4.74 Å². The number of methoxy groups -OCH3 is 1. The number of ether oxygens (including phenoxy) is 1. The number of hydrogen-bond donors (Lipinski definition) is 0. The van der Waals surface area contributed by atoms with Crippen LogP contribution in [0.25, 0.3) is 12.2 Å². The molecule has 2 rings (SSSR count). The first kappa shape index (κ1) is 15.7. The van der Waals surface area contributed by atoms with Gasteiger partial charge in [0.2, 0.25) is 0 Å². The van der Waals surface area contributed by atoms with Gasteiger partial charge in [-0.05, 0) is 23.3 Å². The normalized spacial score (nSPS) is 10.6. The predicted octanol–water partition coefficient (Wildman–Crippen LogP) is 4.21. The standard InChI is InChI=1S/C16H12ClNO4/c1-22-16(19)13-5-3-2-4-12(13)8-6-11-7-9-14(17)15(10-11)18(20)21/h2-10H,1H3. The smallest absolute Gasteiger partial charge is 0.338 e. The van der Waals surface area contributed by atoms with Crippen molar-refractivity contribution < 1.29 is 14.5 Å². The highest BCUT2D eigenvalue weighted by atomic mass is 35.5. The molecule has 0 heterocycles. The van der Waals surface area contributed by atoms with Gasteiger partial charge in [-0.2, -0.15) is 0 Å². The molecule has 0 amide bonds. The second kappa shape index (κ2) is 6.87. The Hall–Kier alpha value is -2.66. The number of nitrogens with zero attached hydrogens (tertiary/aromatic N) is 1. The van der Waals surface area contributed by atoms with Crippen molar-refractivity contribution >= 4 is 35.4 Å². The van der Waals surface area contributed by atoms with E-state index in [0.717, 1.165) is 0 Å². The van der Waals surface area contributed by atoms with E-state index in [1.165, 1.54) is 19.2 Å². The topological polar surface area (TPSA) is 69.4 Å². The van der Waals surface area contributed by atoms with Crippen LogP contribution in [-0.4, -0.2) is 18.0 Å². The van der Waals surface area contributed by atoms with Gasteiger partial charge in [0, 0.05) is 6.07 Å². The minimum Gasteiger partial charge on any atom is -0.465 e. The molecular formula is C16H12ClNO4. The maximum Gasteiger partial charge on any atom is 0.338 e. The highest BCUT2D eigenvalue weighted by molar-refractivity contribution is 6.32. The summed E-state index contributed by atoms with van der Waals surface area (Å²) in [7, 11) is 1.31. The van der Waals surface area contributed by atoms with Crippen LogP contribution in [0.4, 0.5) is 5.69 Å². The van der Waals surface area contributed by atoms with E-state index in [0.29, 0.717) is 16.7 Å². The lowest BCUT2D eigenvalue weighted by Crippen LogP contribution is -2.02. The maximum absolute atomic E-state index is 11.7. The summed E-state index contributed by atoms with van der Waals surface area (Å²) in [4.78, 5) is 22.0. The zero-order valence-electron chi connectivity index (χ0n) is 11.7. The van der Waals surface area contributed by atoms with Crippen molar-refractivity contribution in [3.8, 4) is 0 Å². The third kappa shape index (κ3) is 3.51. The Morgan fingerprint density at radius 1 is 1.23 bits per heavy atom. The zero-order chi connectivity index (χ0) is 16.1. The van der Waals surface area contributed by atoms with Crippen molar-refractivity contribution in [2.75, 3.05) is 7.11 Å². The van der Waals surface area contributed by atoms with E-state index in [4.69, 9.17) is 16.3 Å². The number of halogens is 1. The largest absolute Gasteiger partial charge is 0.465 e. The van der Waals surface area contributed by atoms with Crippen molar-refractivity contribution in [1.29, 1.82) is 0 Å². The highest BCUT2D eigenvalue weighted by Crippen LogP contribution is 2.26. The second-order valence-corrected chi connectivity index (χ2v) is 4.79. The lowest BCUT2D eigenvalue weighted by atomic mass is 10.1. The van der Waals surface area contributed by atoms with Crippen molar-refractivity contribution in [3.63, 3.8) is 0 Å². The molecule has 0 aromatic heterocycles. The molecule has 0 saturated heterocycles. The molecule has 0 spiro atoms. The van der Waals surface area contributed by atoms with Crippen LogP contribution >= 0.6 is 11.6 Å². The minimum atomic E-state index is -0.540. The van der Waals surface area contributed by atoms with Gasteiger partial charge in [-0.15, -0.1) is 0 Å². The van der Waals surface area contributed by atoms with Gasteiger partial charge in [0.25, 0.3) is 5.69 Å². The van der Waals surface area contributed by atoms with Crippen LogP contribution in [0.2, 0.25) is 5.02 Å². The number of esters is 1. The molecule has 0 unspecified atom stereocenters. The van der Waals surface area contributed by atoms with E-state index in [1.54, 1.807) is 42.5 Å². The van der Waals surface area contributed by atoms with Crippen LogP contribution in [-0.2, 0) is 4.74 Å². The van der Waals surface area contributed by atoms with Crippen molar-refractivity contribution in [2.45, 2.75) is 0 Å². The molecule has 5 nitrogen and oxygen atoms in total. The molecule has 0 N–H and O–H groups in total. The third-order valence-electron chi connectivity index (χ3n) is 2.99. The SMILES string of the molecule is COC(=O)c1ccccc1C=Cc1ccc(Cl)c([N+](=O)[O-])c1. The third-order valence-corrected chi connectivity index (χ3v) is 3.31. The summed E-state index contributed by atoms with van der Waals surface area (Å²) in [5.41, 5.74) is 1.53. The maximum atomic E-state index is 11.7. The second-order valence-electron chi connectivity index (χ2n) is 4.38. The first-order chi connectivity index (χ1) is 10.5. The molecule has 0 aliphatic carbocycles. The molecule has 0 radical (unpaired) electrons. The quantitative estimate of drug-likeness (QED) is 0.366. The number of benzene rings is 2. The minimum absolute atomic E-state index is 0.0807. The molecule has 0 aliphatic heterocycles. The van der Waals surface area contributed by atoms with Crippen molar-refractivity contribution in [3.05, 3.63) is 74.3 Å². The number of nitro groups is 1. The van der Waals surface area contributed by atoms with Gasteiger partial charge in [-0.25, -0.2) is 4.79 Å². The lowest BCUT2D eigenvalue weighted by Gasteiger charge is -2.03. The Morgan fingerprint density at radius 2 is 1.95 bits per heavy atom. The van der Waals surface area contributed by atoms with Gasteiger partial charge in [0.15, 0.2) is 0 Å². The monoisotopic (exact) mass is 317 g/mol. The molecule has 2 aromatic carbocycles. The molecule has 0 bridgehead atoms. The molecule has 2 aromatic rings. The Labute approximate surface area is 131 Å². The summed E-state index contributed by atoms with van der Waals surface area (Å²) in [5, 5.41) is 10.9. The lowest BCUT2D eigenvalue weighted by molar-refractivity contribution is -0.384. The fourth-order valence-corrected chi connectivity index (χ4v) is 2.08. The number of carbonyl (C=O) groups is 1. The fraction of sp³-hybridized carbons (Fsp3) is 0.0625. The van der Waals surface area contributed by atoms with Gasteiger partial charge in [-0.3, -0.25) is 10.1 Å². The summed E-state index contributed by atoms with van der Waals surface area (Å²) < 4.78 is 4.72. The van der Waals surface area contributed by atoms with Crippen LogP contribution in [0.15, 0.2) is 42.5 Å². The Morgan fingerprint density at radius 3 is 2.64 bits per heavy atom. The van der Waals surface area contributed by atoms with E-state index in [-0.39, 0.29) is 10.7 Å². The highest BCUT2D eigenvalue weighted by Gasteiger charge is 2.12. The molecule has 112 valence electrons. The Balaban J connectivity index is 2.36. The summed E-state index contributed by atoms with van der Waals surface area (Å²) in [6, 6.07) is 11.4. The van der Waals surface area contributed by atoms with Crippen LogP contribution in [0.5, 0.6) is 0 Å². The molecule has 6 heteroatoms. The number of carbonyl (C=O) groups excluding carboxylic acids is 1. The number of rotatable bonds is 4. The van der Waals surface area contributed by atoms with Crippen LogP contribution in [0.1, 0.15) is 21.5 Å². The summed E-state index contributed by atoms with van der Waals surface area (Å²) in [6.07, 6.45) is 3.37. The molecule has 0 aliphatic rings. The molecule has 0 saturated carbocycles. The number of hydrogen-bond acceptors (Lipinski definition) is 4. The summed E-state index contributed by atoms with van der Waals surface area (Å²) in [6.45, 7) is 0. The first-order valence-electron chi connectivity index (χ1n) is 6.32. The van der Waals surface area contributed by atoms with Gasteiger partial charge in [0.05, 0.1) is 17.6 Å². The van der Waals surface area contributed by atoms with Gasteiger partial charge >= 0.3 is 5.97 Å². The molecular weight excluding hydrogens is 306 g/mol. The zero-order valence-corrected chi connectivity index (χ0v) is 12.4. The Bertz CT molecular complexity index is 756.